The van der Waals surface area contributed by atoms with Crippen molar-refractivity contribution in [1.29, 1.82) is 0 Å². The van der Waals surface area contributed by atoms with Gasteiger partial charge in [-0.3, -0.25) is 18.6 Å². The van der Waals surface area contributed by atoms with Gasteiger partial charge in [0.2, 0.25) is 0 Å². The second-order valence-corrected chi connectivity index (χ2v) is 30.6. The summed E-state index contributed by atoms with van der Waals surface area (Å²) in [4.78, 5) is 36.0. The number of ether oxygens (including phenoxy) is 2. The molecule has 0 saturated heterocycles. The second kappa shape index (κ2) is 78.5. The van der Waals surface area contributed by atoms with Gasteiger partial charge in [-0.1, -0.05) is 399 Å². The molecule has 0 aromatic heterocycles. The van der Waals surface area contributed by atoms with Crippen LogP contribution in [0.3, 0.4) is 0 Å². The molecule has 0 rings (SSSR count). The summed E-state index contributed by atoms with van der Waals surface area (Å²) in [6.07, 6.45) is 114. The fourth-order valence-corrected chi connectivity index (χ4v) is 12.7. The smallest absolute Gasteiger partial charge is 0.462 e. The molecule has 0 bridgehead atoms. The second-order valence-electron chi connectivity index (χ2n) is 29.1. The number of carbonyl (C=O) groups excluding carboxylic acids is 2. The van der Waals surface area contributed by atoms with E-state index in [1.54, 1.807) is 0 Å². The number of hydrogen-bond donors (Lipinski definition) is 1. The SMILES string of the molecule is CC/C=C\C/C=C\C/C=C\C/C=C\C/C=C\C/C=C\C/C=C\C/C=C\C/C=C\C/C=C\CCCCCCCCCCCCC(=O)OC(COC(=O)CCCCCCCCCCCCCCCCCCCCCCCCCCCCCCCCCCCC)COP(=O)(O)OCC[N+](C)(C)C. The minimum atomic E-state index is -4.40. The number of unbranched alkanes of at least 4 members (excludes halogenated alkanes) is 43. The molecule has 0 aliphatic carbocycles. The Morgan fingerprint density at radius 2 is 0.576 bits per heavy atom. The molecule has 99 heavy (non-hydrogen) atoms. The minimum absolute atomic E-state index is 0.0280. The summed E-state index contributed by atoms with van der Waals surface area (Å²) in [5.74, 6) is -0.791. The predicted octanol–water partition coefficient (Wildman–Crippen LogP) is 28.1. The highest BCUT2D eigenvalue weighted by molar-refractivity contribution is 7.47. The van der Waals surface area contributed by atoms with Crippen molar-refractivity contribution in [2.24, 2.45) is 0 Å². The normalized spacial score (nSPS) is 13.6. The molecule has 572 valence electrons. The topological polar surface area (TPSA) is 108 Å². The van der Waals surface area contributed by atoms with Gasteiger partial charge in [-0.25, -0.2) is 4.57 Å². The summed E-state index contributed by atoms with van der Waals surface area (Å²) in [6.45, 7) is 4.36. The standard InChI is InChI=1S/C89H158NO8P/c1-6-8-10-12-14-16-18-20-22-24-26-28-30-32-34-36-38-40-42-43-44-45-46-47-48-50-52-54-56-58-60-62-64-66-68-70-72-74-76-78-80-82-89(92)98-87(86-97-99(93,94)96-84-83-90(3,4)5)85-95-88(91)81-79-77-75-73-71-69-67-65-63-61-59-57-55-53-51-49-41-39-37-35-33-31-29-27-25-23-21-19-17-15-13-11-9-7-2/h8,10,14,16,20,22,26,28,32,34,38,40,43-44,46-47,50,52,56,58,87H,6-7,9,11-13,15,17-19,21,23-25,27,29-31,33,35-37,39,41-42,45,48-49,51,53-55,57,59-86H2,1-5H3/p+1/b10-8-,16-14-,22-20-,28-26-,34-32-,40-38-,44-43-,47-46-,52-50-,58-56-. The van der Waals surface area contributed by atoms with Crippen LogP contribution in [0.25, 0.3) is 0 Å². The lowest BCUT2D eigenvalue weighted by atomic mass is 10.0. The van der Waals surface area contributed by atoms with Crippen molar-refractivity contribution >= 4 is 19.8 Å². The van der Waals surface area contributed by atoms with E-state index in [-0.39, 0.29) is 32.0 Å². The monoisotopic (exact) mass is 1400 g/mol. The molecular formula is C89H159NO8P+. The fourth-order valence-electron chi connectivity index (χ4n) is 11.9. The number of esters is 2. The lowest BCUT2D eigenvalue weighted by Gasteiger charge is -2.24. The van der Waals surface area contributed by atoms with Gasteiger partial charge in [0.1, 0.15) is 19.8 Å². The highest BCUT2D eigenvalue weighted by atomic mass is 31.2. The Kier molecular flexibility index (Phi) is 75.7. The van der Waals surface area contributed by atoms with Gasteiger partial charge in [-0.05, 0) is 89.9 Å². The van der Waals surface area contributed by atoms with Crippen molar-refractivity contribution in [1.82, 2.24) is 0 Å². The maximum atomic E-state index is 12.9. The van der Waals surface area contributed by atoms with Crippen LogP contribution in [0, 0.1) is 0 Å². The summed E-state index contributed by atoms with van der Waals surface area (Å²) < 4.78 is 34.8. The summed E-state index contributed by atoms with van der Waals surface area (Å²) in [5, 5.41) is 0. The number of phosphoric acid groups is 1. The van der Waals surface area contributed by atoms with E-state index in [0.717, 1.165) is 109 Å². The molecule has 0 aliphatic rings. The van der Waals surface area contributed by atoms with Crippen LogP contribution < -0.4 is 0 Å². The highest BCUT2D eigenvalue weighted by Crippen LogP contribution is 2.43. The van der Waals surface area contributed by atoms with E-state index in [2.05, 4.69) is 135 Å². The molecule has 0 aliphatic heterocycles. The van der Waals surface area contributed by atoms with Gasteiger partial charge in [0.05, 0.1) is 27.7 Å². The first-order chi connectivity index (χ1) is 48.5. The molecule has 2 unspecified atom stereocenters. The summed E-state index contributed by atoms with van der Waals surface area (Å²) in [5.41, 5.74) is 0. The van der Waals surface area contributed by atoms with E-state index in [4.69, 9.17) is 18.5 Å². The molecule has 0 fully saturated rings. The molecule has 0 radical (unpaired) electrons. The highest BCUT2D eigenvalue weighted by Gasteiger charge is 2.27. The summed E-state index contributed by atoms with van der Waals surface area (Å²) in [7, 11) is 1.48. The molecule has 0 aromatic carbocycles. The number of allylic oxidation sites excluding steroid dienone is 20. The molecular weight excluding hydrogens is 1240 g/mol. The van der Waals surface area contributed by atoms with Gasteiger partial charge < -0.3 is 18.9 Å². The van der Waals surface area contributed by atoms with Gasteiger partial charge in [0.15, 0.2) is 6.10 Å². The number of phosphoric ester groups is 1. The van der Waals surface area contributed by atoms with Crippen molar-refractivity contribution in [3.8, 4) is 0 Å². The van der Waals surface area contributed by atoms with E-state index in [1.807, 2.05) is 21.1 Å². The number of carbonyl (C=O) groups is 2. The predicted molar refractivity (Wildman–Crippen MR) is 431 cm³/mol. The van der Waals surface area contributed by atoms with Crippen LogP contribution in [0.5, 0.6) is 0 Å². The first kappa shape index (κ1) is 95.4. The molecule has 0 heterocycles. The summed E-state index contributed by atoms with van der Waals surface area (Å²) in [6, 6.07) is 0. The van der Waals surface area contributed by atoms with Crippen LogP contribution in [-0.2, 0) is 32.7 Å². The summed E-state index contributed by atoms with van der Waals surface area (Å²) >= 11 is 0. The van der Waals surface area contributed by atoms with Crippen molar-refractivity contribution in [3.63, 3.8) is 0 Å². The van der Waals surface area contributed by atoms with Crippen LogP contribution in [0.4, 0.5) is 0 Å². The third kappa shape index (κ3) is 83.2. The Morgan fingerprint density at radius 3 is 0.859 bits per heavy atom. The quantitative estimate of drug-likeness (QED) is 0.0211. The van der Waals surface area contributed by atoms with Crippen molar-refractivity contribution < 1.29 is 42.1 Å². The molecule has 2 atom stereocenters. The van der Waals surface area contributed by atoms with E-state index < -0.39 is 26.5 Å². The first-order valence-corrected chi connectivity index (χ1v) is 43.3. The number of rotatable bonds is 77. The van der Waals surface area contributed by atoms with Gasteiger partial charge in [-0.15, -0.1) is 0 Å². The van der Waals surface area contributed by atoms with Crippen LogP contribution >= 0.6 is 7.82 Å². The fraction of sp³-hybridized carbons (Fsp3) is 0.753. The minimum Gasteiger partial charge on any atom is -0.462 e. The maximum absolute atomic E-state index is 12.9. The Balaban J connectivity index is 3.99. The Bertz CT molecular complexity index is 2090. The van der Waals surface area contributed by atoms with Crippen LogP contribution in [0.15, 0.2) is 122 Å². The zero-order valence-corrected chi connectivity index (χ0v) is 66.4. The molecule has 0 saturated carbocycles. The van der Waals surface area contributed by atoms with E-state index in [1.165, 1.54) is 238 Å². The van der Waals surface area contributed by atoms with E-state index in [9.17, 15) is 19.0 Å². The average Bonchev–Trinajstić information content (AvgIpc) is 0.987. The van der Waals surface area contributed by atoms with Crippen LogP contribution in [-0.4, -0.2) is 74.9 Å². The third-order valence-corrected chi connectivity index (χ3v) is 19.2. The lowest BCUT2D eigenvalue weighted by Crippen LogP contribution is -2.37. The van der Waals surface area contributed by atoms with Crippen molar-refractivity contribution in [2.75, 3.05) is 47.5 Å². The maximum Gasteiger partial charge on any atom is 0.472 e. The largest absolute Gasteiger partial charge is 0.472 e. The zero-order chi connectivity index (χ0) is 71.8. The van der Waals surface area contributed by atoms with Crippen molar-refractivity contribution in [3.05, 3.63) is 122 Å². The van der Waals surface area contributed by atoms with Gasteiger partial charge in [0.25, 0.3) is 0 Å². The van der Waals surface area contributed by atoms with Crippen LogP contribution in [0.1, 0.15) is 380 Å². The number of quaternary nitrogens is 1. The van der Waals surface area contributed by atoms with E-state index >= 15 is 0 Å². The Labute approximate surface area is 613 Å². The van der Waals surface area contributed by atoms with Crippen LogP contribution in [0.2, 0.25) is 0 Å². The van der Waals surface area contributed by atoms with Gasteiger partial charge in [0, 0.05) is 12.8 Å². The number of likely N-dealkylation sites (N-methyl/N-ethyl adjacent to an activating group) is 1. The molecule has 9 nitrogen and oxygen atoms in total. The number of nitrogens with zero attached hydrogens (tertiary/aromatic N) is 1. The first-order valence-electron chi connectivity index (χ1n) is 41.8. The number of hydrogen-bond acceptors (Lipinski definition) is 7. The molecule has 0 amide bonds. The lowest BCUT2D eigenvalue weighted by molar-refractivity contribution is -0.870. The average molecular weight is 1400 g/mol. The van der Waals surface area contributed by atoms with Gasteiger partial charge in [-0.2, -0.15) is 0 Å². The van der Waals surface area contributed by atoms with Crippen molar-refractivity contribution in [2.45, 2.75) is 386 Å². The van der Waals surface area contributed by atoms with E-state index in [0.29, 0.717) is 17.4 Å². The van der Waals surface area contributed by atoms with Gasteiger partial charge >= 0.3 is 19.8 Å². The zero-order valence-electron chi connectivity index (χ0n) is 65.5. The Hall–Kier alpha value is -3.59. The third-order valence-electron chi connectivity index (χ3n) is 18.3. The Morgan fingerprint density at radius 1 is 0.323 bits per heavy atom. The molecule has 0 aromatic rings. The molecule has 1 N–H and O–H groups in total. The molecule has 0 spiro atoms. The molecule has 10 heteroatoms.